The van der Waals surface area contributed by atoms with E-state index in [2.05, 4.69) is 21.2 Å². The van der Waals surface area contributed by atoms with Gasteiger partial charge in [0.15, 0.2) is 0 Å². The molecule has 2 rings (SSSR count). The molecular formula is C12H13BrClNO2. The zero-order valence-electron chi connectivity index (χ0n) is 9.17. The highest BCUT2D eigenvalue weighted by Crippen LogP contribution is 2.34. The van der Waals surface area contributed by atoms with Crippen molar-refractivity contribution in [3.63, 3.8) is 0 Å². The maximum atomic E-state index is 12.0. The van der Waals surface area contributed by atoms with Crippen molar-refractivity contribution < 1.29 is 9.90 Å². The molecule has 0 spiro atoms. The molecule has 0 radical (unpaired) electrons. The normalized spacial score (nSPS) is 17.3. The lowest BCUT2D eigenvalue weighted by Crippen LogP contribution is -2.54. The number of phenols is 1. The fraction of sp³-hybridized carbons (Fsp3) is 0.417. The van der Waals surface area contributed by atoms with Gasteiger partial charge in [0.2, 0.25) is 0 Å². The molecule has 1 fully saturated rings. The molecule has 0 aliphatic heterocycles. The van der Waals surface area contributed by atoms with E-state index in [0.717, 1.165) is 24.6 Å². The second-order valence-electron chi connectivity index (χ2n) is 4.38. The van der Waals surface area contributed by atoms with E-state index in [1.54, 1.807) is 6.07 Å². The molecule has 1 aliphatic rings. The van der Waals surface area contributed by atoms with Crippen LogP contribution in [0, 0.1) is 0 Å². The highest BCUT2D eigenvalue weighted by Gasteiger charge is 2.37. The lowest BCUT2D eigenvalue weighted by Gasteiger charge is -2.41. The van der Waals surface area contributed by atoms with Gasteiger partial charge >= 0.3 is 0 Å². The van der Waals surface area contributed by atoms with Crippen LogP contribution in [0.25, 0.3) is 0 Å². The minimum Gasteiger partial charge on any atom is -0.507 e. The van der Waals surface area contributed by atoms with Crippen molar-refractivity contribution in [2.45, 2.75) is 24.8 Å². The minimum absolute atomic E-state index is 0.0454. The lowest BCUT2D eigenvalue weighted by atomic mass is 9.78. The van der Waals surface area contributed by atoms with Crippen molar-refractivity contribution in [1.29, 1.82) is 0 Å². The van der Waals surface area contributed by atoms with Crippen molar-refractivity contribution in [3.8, 4) is 5.75 Å². The van der Waals surface area contributed by atoms with Crippen LogP contribution in [-0.4, -0.2) is 21.9 Å². The van der Waals surface area contributed by atoms with Gasteiger partial charge in [0.1, 0.15) is 5.75 Å². The third-order valence-electron chi connectivity index (χ3n) is 3.15. The molecule has 0 unspecified atom stereocenters. The van der Waals surface area contributed by atoms with Gasteiger partial charge in [0.05, 0.1) is 11.1 Å². The Bertz CT molecular complexity index is 441. The third-order valence-corrected chi connectivity index (χ3v) is 4.46. The van der Waals surface area contributed by atoms with E-state index in [9.17, 15) is 9.90 Å². The summed E-state index contributed by atoms with van der Waals surface area (Å²) in [6.07, 6.45) is 3.05. The van der Waals surface area contributed by atoms with Crippen molar-refractivity contribution in [3.05, 3.63) is 28.8 Å². The molecule has 1 aromatic carbocycles. The molecule has 1 amide bonds. The number of nitrogens with one attached hydrogen (secondary N) is 1. The van der Waals surface area contributed by atoms with Gasteiger partial charge in [-0.15, -0.1) is 0 Å². The summed E-state index contributed by atoms with van der Waals surface area (Å²) >= 11 is 9.23. The van der Waals surface area contributed by atoms with Gasteiger partial charge in [-0.25, -0.2) is 0 Å². The third kappa shape index (κ3) is 2.58. The van der Waals surface area contributed by atoms with Crippen molar-refractivity contribution in [1.82, 2.24) is 5.32 Å². The summed E-state index contributed by atoms with van der Waals surface area (Å²) in [4.78, 5) is 12.0. The van der Waals surface area contributed by atoms with Gasteiger partial charge in [-0.2, -0.15) is 0 Å². The molecule has 0 atom stereocenters. The summed E-state index contributed by atoms with van der Waals surface area (Å²) in [5.74, 6) is -0.319. The van der Waals surface area contributed by atoms with E-state index in [4.69, 9.17) is 11.6 Å². The molecule has 92 valence electrons. The summed E-state index contributed by atoms with van der Waals surface area (Å²) in [5.41, 5.74) is 0.0657. The van der Waals surface area contributed by atoms with Crippen molar-refractivity contribution in [2.75, 3.05) is 5.33 Å². The Morgan fingerprint density at radius 3 is 2.76 bits per heavy atom. The smallest absolute Gasteiger partial charge is 0.255 e. The van der Waals surface area contributed by atoms with E-state index in [0.29, 0.717) is 5.02 Å². The Morgan fingerprint density at radius 2 is 2.24 bits per heavy atom. The molecule has 1 aromatic rings. The van der Waals surface area contributed by atoms with Crippen LogP contribution in [0.4, 0.5) is 0 Å². The van der Waals surface area contributed by atoms with E-state index in [-0.39, 0.29) is 22.8 Å². The predicted molar refractivity (Wildman–Crippen MR) is 71.0 cm³/mol. The topological polar surface area (TPSA) is 49.3 Å². The van der Waals surface area contributed by atoms with E-state index in [1.165, 1.54) is 12.1 Å². The van der Waals surface area contributed by atoms with Crippen LogP contribution >= 0.6 is 27.5 Å². The Balaban J connectivity index is 2.17. The van der Waals surface area contributed by atoms with Gasteiger partial charge in [-0.05, 0) is 37.5 Å². The quantitative estimate of drug-likeness (QED) is 0.841. The number of hydrogen-bond acceptors (Lipinski definition) is 2. The van der Waals surface area contributed by atoms with Crippen LogP contribution in [0.2, 0.25) is 5.02 Å². The maximum Gasteiger partial charge on any atom is 0.255 e. The molecule has 0 bridgehead atoms. The number of amides is 1. The lowest BCUT2D eigenvalue weighted by molar-refractivity contribution is 0.0854. The van der Waals surface area contributed by atoms with Gasteiger partial charge in [-0.1, -0.05) is 27.5 Å². The Morgan fingerprint density at radius 1 is 1.53 bits per heavy atom. The molecule has 5 heteroatoms. The molecule has 0 heterocycles. The molecule has 1 saturated carbocycles. The standard InChI is InChI=1S/C12H13BrClNO2/c13-7-12(4-1-5-12)15-11(17)9-6-8(14)2-3-10(9)16/h2-3,6,16H,1,4-5,7H2,(H,15,17). The highest BCUT2D eigenvalue weighted by atomic mass is 79.9. The average molecular weight is 319 g/mol. The monoisotopic (exact) mass is 317 g/mol. The SMILES string of the molecule is O=C(NC1(CBr)CCC1)c1cc(Cl)ccc1O. The molecule has 17 heavy (non-hydrogen) atoms. The first-order valence-electron chi connectivity index (χ1n) is 5.43. The number of carbonyl (C=O) groups excluding carboxylic acids is 1. The number of benzene rings is 1. The average Bonchev–Trinajstić information content (AvgIpc) is 2.26. The molecule has 0 saturated heterocycles. The van der Waals surface area contributed by atoms with Crippen LogP contribution < -0.4 is 5.32 Å². The van der Waals surface area contributed by atoms with Crippen LogP contribution in [0.3, 0.4) is 0 Å². The predicted octanol–water partition coefficient (Wildman–Crippen LogP) is 3.09. The summed E-state index contributed by atoms with van der Waals surface area (Å²) in [5, 5.41) is 13.8. The Hall–Kier alpha value is -0.740. The van der Waals surface area contributed by atoms with E-state index >= 15 is 0 Å². The van der Waals surface area contributed by atoms with Crippen LogP contribution in [0.5, 0.6) is 5.75 Å². The summed E-state index contributed by atoms with van der Waals surface area (Å²) < 4.78 is 0. The van der Waals surface area contributed by atoms with E-state index in [1.807, 2.05) is 0 Å². The Kier molecular flexibility index (Phi) is 3.64. The van der Waals surface area contributed by atoms with Crippen LogP contribution in [0.1, 0.15) is 29.6 Å². The fourth-order valence-corrected chi connectivity index (χ4v) is 2.77. The second kappa shape index (κ2) is 4.86. The molecule has 1 aliphatic carbocycles. The number of aromatic hydroxyl groups is 1. The first-order chi connectivity index (χ1) is 8.06. The number of hydrogen-bond donors (Lipinski definition) is 2. The van der Waals surface area contributed by atoms with Crippen molar-refractivity contribution in [2.24, 2.45) is 0 Å². The van der Waals surface area contributed by atoms with Crippen LogP contribution in [0.15, 0.2) is 18.2 Å². The summed E-state index contributed by atoms with van der Waals surface area (Å²) in [6.45, 7) is 0. The number of rotatable bonds is 3. The zero-order valence-corrected chi connectivity index (χ0v) is 11.5. The van der Waals surface area contributed by atoms with Gasteiger partial charge in [0.25, 0.3) is 5.91 Å². The second-order valence-corrected chi connectivity index (χ2v) is 5.38. The largest absolute Gasteiger partial charge is 0.507 e. The summed E-state index contributed by atoms with van der Waals surface area (Å²) in [6, 6.07) is 4.46. The number of carbonyl (C=O) groups is 1. The summed E-state index contributed by atoms with van der Waals surface area (Å²) in [7, 11) is 0. The van der Waals surface area contributed by atoms with Crippen molar-refractivity contribution >= 4 is 33.4 Å². The van der Waals surface area contributed by atoms with E-state index < -0.39 is 0 Å². The first-order valence-corrected chi connectivity index (χ1v) is 6.93. The Labute approximate surface area is 113 Å². The van der Waals surface area contributed by atoms with Crippen LogP contribution in [-0.2, 0) is 0 Å². The number of alkyl halides is 1. The molecule has 2 N–H and O–H groups in total. The highest BCUT2D eigenvalue weighted by molar-refractivity contribution is 9.09. The molecule has 3 nitrogen and oxygen atoms in total. The van der Waals surface area contributed by atoms with Gasteiger partial charge in [-0.3, -0.25) is 4.79 Å². The van der Waals surface area contributed by atoms with Gasteiger partial charge < -0.3 is 10.4 Å². The molecular weight excluding hydrogens is 305 g/mol. The first kappa shape index (κ1) is 12.7. The van der Waals surface area contributed by atoms with Gasteiger partial charge in [0, 0.05) is 10.4 Å². The minimum atomic E-state index is -0.274. The zero-order chi connectivity index (χ0) is 12.5. The fourth-order valence-electron chi connectivity index (χ4n) is 1.89. The number of phenolic OH excluding ortho intramolecular Hbond substituents is 1. The number of halogens is 2. The molecule has 0 aromatic heterocycles. The maximum absolute atomic E-state index is 12.0.